The van der Waals surface area contributed by atoms with E-state index in [4.69, 9.17) is 5.73 Å². The van der Waals surface area contributed by atoms with Crippen molar-refractivity contribution in [1.82, 2.24) is 10.2 Å². The predicted molar refractivity (Wildman–Crippen MR) is 94.4 cm³/mol. The minimum atomic E-state index is 0. The number of carbonyl (C=O) groups is 1. The molecule has 3 N–H and O–H groups in total. The van der Waals surface area contributed by atoms with Crippen LogP contribution in [0.15, 0.2) is 24.3 Å². The molecule has 0 aromatic heterocycles. The summed E-state index contributed by atoms with van der Waals surface area (Å²) in [5.41, 5.74) is 7.39. The van der Waals surface area contributed by atoms with Crippen LogP contribution in [0.1, 0.15) is 19.4 Å². The number of amides is 1. The number of carbonyl (C=O) groups excluding carboxylic acids is 1. The summed E-state index contributed by atoms with van der Waals surface area (Å²) >= 11 is 0. The molecule has 6 heteroatoms. The zero-order valence-electron chi connectivity index (χ0n) is 13.2. The second-order valence-electron chi connectivity index (χ2n) is 6.10. The van der Waals surface area contributed by atoms with Crippen molar-refractivity contribution in [1.29, 1.82) is 0 Å². The molecule has 1 aromatic carbocycles. The molecule has 0 fully saturated rings. The normalized spacial score (nSPS) is 10.5. The van der Waals surface area contributed by atoms with E-state index >= 15 is 0 Å². The SMILES string of the molecule is CN(C)CC(C)(C)CNC(=O)Cc1ccc(N)cc1.Cl.Cl. The van der Waals surface area contributed by atoms with Crippen LogP contribution in [-0.4, -0.2) is 38.0 Å². The number of nitrogen functional groups attached to an aromatic ring is 1. The molecule has 0 aliphatic rings. The van der Waals surface area contributed by atoms with Crippen LogP contribution in [0.3, 0.4) is 0 Å². The maximum absolute atomic E-state index is 11.9. The Morgan fingerprint density at radius 2 is 1.71 bits per heavy atom. The average Bonchev–Trinajstić information content (AvgIpc) is 2.28. The lowest BCUT2D eigenvalue weighted by Gasteiger charge is -2.28. The number of hydrogen-bond donors (Lipinski definition) is 2. The molecule has 1 aromatic rings. The van der Waals surface area contributed by atoms with Gasteiger partial charge in [0.2, 0.25) is 5.91 Å². The lowest BCUT2D eigenvalue weighted by atomic mass is 9.93. The first-order chi connectivity index (χ1) is 8.78. The highest BCUT2D eigenvalue weighted by molar-refractivity contribution is 5.85. The van der Waals surface area contributed by atoms with Gasteiger partial charge in [0, 0.05) is 18.8 Å². The van der Waals surface area contributed by atoms with Crippen LogP contribution in [0.5, 0.6) is 0 Å². The summed E-state index contributed by atoms with van der Waals surface area (Å²) < 4.78 is 0. The van der Waals surface area contributed by atoms with Crippen molar-refractivity contribution in [2.75, 3.05) is 32.9 Å². The lowest BCUT2D eigenvalue weighted by molar-refractivity contribution is -0.120. The number of benzene rings is 1. The summed E-state index contributed by atoms with van der Waals surface area (Å²) in [4.78, 5) is 14.0. The van der Waals surface area contributed by atoms with Gasteiger partial charge >= 0.3 is 0 Å². The molecule has 4 nitrogen and oxygen atoms in total. The van der Waals surface area contributed by atoms with Gasteiger partial charge in [0.15, 0.2) is 0 Å². The highest BCUT2D eigenvalue weighted by atomic mass is 35.5. The molecule has 0 bridgehead atoms. The Balaban J connectivity index is 0. The van der Waals surface area contributed by atoms with E-state index in [1.165, 1.54) is 0 Å². The van der Waals surface area contributed by atoms with E-state index < -0.39 is 0 Å². The first-order valence-corrected chi connectivity index (χ1v) is 6.54. The third-order valence-electron chi connectivity index (χ3n) is 2.85. The highest BCUT2D eigenvalue weighted by Gasteiger charge is 2.19. The second-order valence-corrected chi connectivity index (χ2v) is 6.10. The van der Waals surface area contributed by atoms with Crippen molar-refractivity contribution in [3.8, 4) is 0 Å². The third kappa shape index (κ3) is 9.56. The van der Waals surface area contributed by atoms with E-state index in [2.05, 4.69) is 24.1 Å². The van der Waals surface area contributed by atoms with Crippen LogP contribution >= 0.6 is 24.8 Å². The standard InChI is InChI=1S/C15H25N3O.2ClH/c1-15(2,11-18(3)4)10-17-14(19)9-12-5-7-13(16)8-6-12;;/h5-8H,9-11,16H2,1-4H3,(H,17,19);2*1H. The van der Waals surface area contributed by atoms with Crippen LogP contribution in [0, 0.1) is 5.41 Å². The monoisotopic (exact) mass is 335 g/mol. The molecule has 0 saturated heterocycles. The number of halogens is 2. The molecular weight excluding hydrogens is 309 g/mol. The topological polar surface area (TPSA) is 58.4 Å². The van der Waals surface area contributed by atoms with Crippen LogP contribution < -0.4 is 11.1 Å². The zero-order valence-corrected chi connectivity index (χ0v) is 14.8. The summed E-state index contributed by atoms with van der Waals surface area (Å²) in [6.45, 7) is 5.92. The van der Waals surface area contributed by atoms with E-state index in [0.717, 1.165) is 17.8 Å². The van der Waals surface area contributed by atoms with Gasteiger partial charge in [-0.25, -0.2) is 0 Å². The summed E-state index contributed by atoms with van der Waals surface area (Å²) in [6, 6.07) is 7.41. The molecule has 0 atom stereocenters. The van der Waals surface area contributed by atoms with Gasteiger partial charge in [-0.3, -0.25) is 4.79 Å². The lowest BCUT2D eigenvalue weighted by Crippen LogP contribution is -2.40. The van der Waals surface area contributed by atoms with E-state index in [-0.39, 0.29) is 36.1 Å². The Kier molecular flexibility index (Phi) is 10.5. The van der Waals surface area contributed by atoms with Gasteiger partial charge in [-0.05, 0) is 37.2 Å². The number of nitrogens with one attached hydrogen (secondary N) is 1. The van der Waals surface area contributed by atoms with Crippen molar-refractivity contribution in [3.63, 3.8) is 0 Å². The van der Waals surface area contributed by atoms with Crippen molar-refractivity contribution in [3.05, 3.63) is 29.8 Å². The van der Waals surface area contributed by atoms with Gasteiger partial charge in [0.05, 0.1) is 6.42 Å². The average molecular weight is 336 g/mol. The van der Waals surface area contributed by atoms with Crippen LogP contribution in [0.25, 0.3) is 0 Å². The minimum absolute atomic E-state index is 0. The Hall–Kier alpha value is -0.970. The van der Waals surface area contributed by atoms with Crippen LogP contribution in [0.4, 0.5) is 5.69 Å². The summed E-state index contributed by atoms with van der Waals surface area (Å²) in [7, 11) is 4.08. The summed E-state index contributed by atoms with van der Waals surface area (Å²) in [5.74, 6) is 0.0524. The molecular formula is C15H27Cl2N3O. The number of hydrogen-bond acceptors (Lipinski definition) is 3. The Morgan fingerprint density at radius 3 is 2.19 bits per heavy atom. The molecule has 0 spiro atoms. The van der Waals surface area contributed by atoms with Gasteiger partial charge in [0.25, 0.3) is 0 Å². The molecule has 0 radical (unpaired) electrons. The van der Waals surface area contributed by atoms with Crippen molar-refractivity contribution in [2.24, 2.45) is 5.41 Å². The molecule has 1 rings (SSSR count). The van der Waals surface area contributed by atoms with Crippen LogP contribution in [0.2, 0.25) is 0 Å². The molecule has 0 unspecified atom stereocenters. The van der Waals surface area contributed by atoms with Gasteiger partial charge in [0.1, 0.15) is 0 Å². The molecule has 1 amide bonds. The Bertz CT molecular complexity index is 419. The quantitative estimate of drug-likeness (QED) is 0.784. The van der Waals surface area contributed by atoms with E-state index in [1.54, 1.807) is 0 Å². The van der Waals surface area contributed by atoms with Crippen LogP contribution in [-0.2, 0) is 11.2 Å². The van der Waals surface area contributed by atoms with Gasteiger partial charge in [-0.1, -0.05) is 26.0 Å². The van der Waals surface area contributed by atoms with Gasteiger partial charge in [-0.15, -0.1) is 24.8 Å². The van der Waals surface area contributed by atoms with E-state index in [9.17, 15) is 4.79 Å². The highest BCUT2D eigenvalue weighted by Crippen LogP contribution is 2.14. The number of nitrogens with zero attached hydrogens (tertiary/aromatic N) is 1. The number of nitrogens with two attached hydrogens (primary N) is 1. The minimum Gasteiger partial charge on any atom is -0.399 e. The molecule has 0 aliphatic heterocycles. The van der Waals surface area contributed by atoms with Crippen molar-refractivity contribution >= 4 is 36.4 Å². The van der Waals surface area contributed by atoms with Crippen molar-refractivity contribution < 1.29 is 4.79 Å². The zero-order chi connectivity index (χ0) is 14.5. The fourth-order valence-corrected chi connectivity index (χ4v) is 2.13. The Morgan fingerprint density at radius 1 is 1.19 bits per heavy atom. The Labute approximate surface area is 140 Å². The fourth-order valence-electron chi connectivity index (χ4n) is 2.13. The largest absolute Gasteiger partial charge is 0.399 e. The predicted octanol–water partition coefficient (Wildman–Crippen LogP) is 2.36. The molecule has 21 heavy (non-hydrogen) atoms. The molecule has 0 saturated carbocycles. The number of anilines is 1. The summed E-state index contributed by atoms with van der Waals surface area (Å²) in [6.07, 6.45) is 0.401. The van der Waals surface area contributed by atoms with Gasteiger partial charge < -0.3 is 16.0 Å². The second kappa shape index (κ2) is 9.87. The maximum atomic E-state index is 11.9. The smallest absolute Gasteiger partial charge is 0.224 e. The fraction of sp³-hybridized carbons (Fsp3) is 0.533. The number of rotatable bonds is 6. The summed E-state index contributed by atoms with van der Waals surface area (Å²) in [5, 5.41) is 2.99. The van der Waals surface area contributed by atoms with E-state index in [0.29, 0.717) is 13.0 Å². The molecule has 0 aliphatic carbocycles. The van der Waals surface area contributed by atoms with E-state index in [1.807, 2.05) is 38.4 Å². The third-order valence-corrected chi connectivity index (χ3v) is 2.85. The first kappa shape index (κ1) is 22.3. The van der Waals surface area contributed by atoms with Gasteiger partial charge in [-0.2, -0.15) is 0 Å². The first-order valence-electron chi connectivity index (χ1n) is 6.54. The molecule has 122 valence electrons. The maximum Gasteiger partial charge on any atom is 0.224 e. The van der Waals surface area contributed by atoms with Crippen molar-refractivity contribution in [2.45, 2.75) is 20.3 Å². The molecule has 0 heterocycles.